The lowest BCUT2D eigenvalue weighted by atomic mass is 10.0. The van der Waals surface area contributed by atoms with Gasteiger partial charge in [0.1, 0.15) is 5.75 Å². The van der Waals surface area contributed by atoms with Crippen molar-refractivity contribution in [2.45, 2.75) is 12.8 Å². The molecule has 0 spiro atoms. The van der Waals surface area contributed by atoms with Crippen molar-refractivity contribution in [3.63, 3.8) is 0 Å². The van der Waals surface area contributed by atoms with Gasteiger partial charge in [0.25, 0.3) is 0 Å². The number of rotatable bonds is 7. The van der Waals surface area contributed by atoms with Crippen molar-refractivity contribution in [3.05, 3.63) is 89.5 Å². The summed E-state index contributed by atoms with van der Waals surface area (Å²) in [6.07, 6.45) is 1.74. The molecule has 0 amide bonds. The maximum atomic E-state index is 11.6. The zero-order valence-corrected chi connectivity index (χ0v) is 14.6. The Morgan fingerprint density at radius 3 is 2.31 bits per heavy atom. The fraction of sp³-hybridized carbons (Fsp3) is 0.136. The molecule has 3 aromatic carbocycles. The summed E-state index contributed by atoms with van der Waals surface area (Å²) >= 11 is 0. The zero-order valence-electron chi connectivity index (χ0n) is 14.6. The molecule has 3 rings (SSSR count). The molecule has 4 heteroatoms. The van der Waals surface area contributed by atoms with E-state index in [2.05, 4.69) is 17.4 Å². The van der Waals surface area contributed by atoms with E-state index in [1.807, 2.05) is 54.6 Å². The summed E-state index contributed by atoms with van der Waals surface area (Å²) in [5.74, 6) is -0.296. The van der Waals surface area contributed by atoms with Crippen molar-refractivity contribution < 1.29 is 14.6 Å². The number of carboxylic acids is 1. The van der Waals surface area contributed by atoms with Gasteiger partial charge in [-0.15, -0.1) is 0 Å². The number of benzene rings is 3. The first kappa shape index (κ1) is 17.5. The number of carbonyl (C=O) groups is 1. The SMILES string of the molecule is COc1ccccc1Nc1cc(CCc2ccccc2)ccc1C(=O)O. The second-order valence-corrected chi connectivity index (χ2v) is 6.00. The Bertz CT molecular complexity index is 891. The number of hydrogen-bond donors (Lipinski definition) is 2. The highest BCUT2D eigenvalue weighted by Crippen LogP contribution is 2.29. The monoisotopic (exact) mass is 347 g/mol. The molecule has 0 atom stereocenters. The lowest BCUT2D eigenvalue weighted by molar-refractivity contribution is 0.0698. The van der Waals surface area contributed by atoms with Crippen LogP contribution in [0.15, 0.2) is 72.8 Å². The number of ether oxygens (including phenoxy) is 1. The van der Waals surface area contributed by atoms with E-state index in [1.54, 1.807) is 13.2 Å². The van der Waals surface area contributed by atoms with Crippen LogP contribution in [-0.2, 0) is 12.8 Å². The number of methoxy groups -OCH3 is 1. The molecular weight excluding hydrogens is 326 g/mol. The maximum Gasteiger partial charge on any atom is 0.337 e. The Labute approximate surface area is 153 Å². The van der Waals surface area contributed by atoms with Gasteiger partial charge in [-0.05, 0) is 48.2 Å². The number of carboxylic acid groups (broad SMARTS) is 1. The first-order valence-corrected chi connectivity index (χ1v) is 8.47. The van der Waals surface area contributed by atoms with Crippen LogP contribution >= 0.6 is 0 Å². The van der Waals surface area contributed by atoms with Crippen LogP contribution in [0.25, 0.3) is 0 Å². The summed E-state index contributed by atoms with van der Waals surface area (Å²) in [4.78, 5) is 11.6. The Morgan fingerprint density at radius 2 is 1.58 bits per heavy atom. The zero-order chi connectivity index (χ0) is 18.4. The number of aryl methyl sites for hydroxylation is 2. The molecule has 0 saturated carbocycles. The maximum absolute atomic E-state index is 11.6. The molecule has 0 unspecified atom stereocenters. The molecule has 0 aromatic heterocycles. The molecule has 0 aliphatic carbocycles. The molecule has 4 nitrogen and oxygen atoms in total. The van der Waals surface area contributed by atoms with E-state index in [0.717, 1.165) is 24.1 Å². The molecule has 3 aromatic rings. The predicted octanol–water partition coefficient (Wildman–Crippen LogP) is 4.92. The van der Waals surface area contributed by atoms with E-state index in [0.29, 0.717) is 11.4 Å². The largest absolute Gasteiger partial charge is 0.495 e. The van der Waals surface area contributed by atoms with Gasteiger partial charge in [0.05, 0.1) is 24.0 Å². The lowest BCUT2D eigenvalue weighted by Gasteiger charge is -2.14. The number of hydrogen-bond acceptors (Lipinski definition) is 3. The van der Waals surface area contributed by atoms with Crippen LogP contribution in [0.3, 0.4) is 0 Å². The van der Waals surface area contributed by atoms with Crippen LogP contribution in [0.4, 0.5) is 11.4 Å². The van der Waals surface area contributed by atoms with E-state index in [9.17, 15) is 9.90 Å². The van der Waals surface area contributed by atoms with Gasteiger partial charge in [-0.25, -0.2) is 4.79 Å². The van der Waals surface area contributed by atoms with Gasteiger partial charge < -0.3 is 15.2 Å². The molecule has 26 heavy (non-hydrogen) atoms. The summed E-state index contributed by atoms with van der Waals surface area (Å²) < 4.78 is 5.34. The summed E-state index contributed by atoms with van der Waals surface area (Å²) in [5, 5.41) is 12.7. The first-order valence-electron chi connectivity index (χ1n) is 8.47. The minimum absolute atomic E-state index is 0.236. The van der Waals surface area contributed by atoms with Gasteiger partial charge in [-0.2, -0.15) is 0 Å². The van der Waals surface area contributed by atoms with Crippen molar-refractivity contribution in [3.8, 4) is 5.75 Å². The van der Waals surface area contributed by atoms with Crippen molar-refractivity contribution in [2.24, 2.45) is 0 Å². The van der Waals surface area contributed by atoms with Gasteiger partial charge >= 0.3 is 5.97 Å². The lowest BCUT2D eigenvalue weighted by Crippen LogP contribution is -2.05. The van der Waals surface area contributed by atoms with E-state index in [4.69, 9.17) is 4.74 Å². The van der Waals surface area contributed by atoms with E-state index in [-0.39, 0.29) is 5.56 Å². The van der Waals surface area contributed by atoms with E-state index in [1.165, 1.54) is 5.56 Å². The van der Waals surface area contributed by atoms with Gasteiger partial charge in [0.15, 0.2) is 0 Å². The van der Waals surface area contributed by atoms with Gasteiger partial charge in [0.2, 0.25) is 0 Å². The van der Waals surface area contributed by atoms with E-state index >= 15 is 0 Å². The molecular formula is C22H21NO3. The average Bonchev–Trinajstić information content (AvgIpc) is 2.67. The van der Waals surface area contributed by atoms with Crippen LogP contribution in [0.2, 0.25) is 0 Å². The fourth-order valence-electron chi connectivity index (χ4n) is 2.86. The highest BCUT2D eigenvalue weighted by atomic mass is 16.5. The molecule has 0 fully saturated rings. The minimum atomic E-state index is -0.961. The Balaban J connectivity index is 1.85. The second-order valence-electron chi connectivity index (χ2n) is 6.00. The molecule has 0 aliphatic heterocycles. The summed E-state index contributed by atoms with van der Waals surface area (Å²) in [5.41, 5.74) is 3.87. The summed E-state index contributed by atoms with van der Waals surface area (Å²) in [7, 11) is 1.59. The summed E-state index contributed by atoms with van der Waals surface area (Å²) in [6.45, 7) is 0. The third-order valence-corrected chi connectivity index (χ3v) is 4.24. The van der Waals surface area contributed by atoms with Crippen LogP contribution < -0.4 is 10.1 Å². The van der Waals surface area contributed by atoms with Crippen molar-refractivity contribution >= 4 is 17.3 Å². The third-order valence-electron chi connectivity index (χ3n) is 4.24. The number of nitrogens with one attached hydrogen (secondary N) is 1. The predicted molar refractivity (Wildman–Crippen MR) is 104 cm³/mol. The third kappa shape index (κ3) is 4.22. The number of anilines is 2. The molecule has 0 aliphatic rings. The molecule has 2 N–H and O–H groups in total. The summed E-state index contributed by atoms with van der Waals surface area (Å²) in [6, 6.07) is 23.1. The van der Waals surface area contributed by atoms with Gasteiger partial charge in [-0.3, -0.25) is 0 Å². The first-order chi connectivity index (χ1) is 12.7. The molecule has 0 radical (unpaired) electrons. The quantitative estimate of drug-likeness (QED) is 0.637. The van der Waals surface area contributed by atoms with Crippen molar-refractivity contribution in [1.29, 1.82) is 0 Å². The standard InChI is InChI=1S/C22H21NO3/c1-26-21-10-6-5-9-19(21)23-20-15-17(13-14-18(20)22(24)25)12-11-16-7-3-2-4-8-16/h2-10,13-15,23H,11-12H2,1H3,(H,24,25). The van der Waals surface area contributed by atoms with Crippen LogP contribution in [0, 0.1) is 0 Å². The highest BCUT2D eigenvalue weighted by Gasteiger charge is 2.13. The molecule has 0 saturated heterocycles. The molecule has 132 valence electrons. The normalized spacial score (nSPS) is 10.3. The van der Waals surface area contributed by atoms with Crippen LogP contribution in [0.1, 0.15) is 21.5 Å². The van der Waals surface area contributed by atoms with Gasteiger partial charge in [0, 0.05) is 0 Å². The number of aromatic carboxylic acids is 1. The van der Waals surface area contributed by atoms with Crippen LogP contribution in [-0.4, -0.2) is 18.2 Å². The van der Waals surface area contributed by atoms with Crippen LogP contribution in [0.5, 0.6) is 5.75 Å². The van der Waals surface area contributed by atoms with Gasteiger partial charge in [-0.1, -0.05) is 48.5 Å². The van der Waals surface area contributed by atoms with E-state index < -0.39 is 5.97 Å². The second kappa shape index (κ2) is 8.21. The van der Waals surface area contributed by atoms with Crippen molar-refractivity contribution in [1.82, 2.24) is 0 Å². The minimum Gasteiger partial charge on any atom is -0.495 e. The average molecular weight is 347 g/mol. The molecule has 0 heterocycles. The smallest absolute Gasteiger partial charge is 0.337 e. The van der Waals surface area contributed by atoms with Crippen molar-refractivity contribution in [2.75, 3.05) is 12.4 Å². The highest BCUT2D eigenvalue weighted by molar-refractivity contribution is 5.95. The number of para-hydroxylation sites is 2. The molecule has 0 bridgehead atoms. The Morgan fingerprint density at radius 1 is 0.885 bits per heavy atom. The topological polar surface area (TPSA) is 58.6 Å². The Kier molecular flexibility index (Phi) is 5.54. The Hall–Kier alpha value is -3.27. The fourth-order valence-corrected chi connectivity index (χ4v) is 2.86.